The van der Waals surface area contributed by atoms with Crippen molar-refractivity contribution < 1.29 is 14.6 Å². The van der Waals surface area contributed by atoms with Gasteiger partial charge in [0.2, 0.25) is 0 Å². The van der Waals surface area contributed by atoms with Gasteiger partial charge in [-0.15, -0.1) is 0 Å². The molecule has 0 spiro atoms. The highest BCUT2D eigenvalue weighted by molar-refractivity contribution is 4.65. The lowest BCUT2D eigenvalue weighted by Crippen LogP contribution is -2.46. The Labute approximate surface area is 73.1 Å². The average Bonchev–Trinajstić information content (AvgIpc) is 2.09. The zero-order valence-electron chi connectivity index (χ0n) is 7.53. The predicted octanol–water partition coefficient (Wildman–Crippen LogP) is -0.327. The highest BCUT2D eigenvalue weighted by Gasteiger charge is 2.19. The number of aliphatic hydroxyl groups excluding tert-OH is 1. The Morgan fingerprint density at radius 3 is 3.17 bits per heavy atom. The minimum Gasteiger partial charge on any atom is -0.380 e. The summed E-state index contributed by atoms with van der Waals surface area (Å²) in [6, 6.07) is 0. The van der Waals surface area contributed by atoms with Crippen LogP contribution >= 0.6 is 0 Å². The Kier molecular flexibility index (Phi) is 4.53. The number of hydrogen-bond acceptors (Lipinski definition) is 4. The van der Waals surface area contributed by atoms with Crippen LogP contribution in [0.15, 0.2) is 0 Å². The van der Waals surface area contributed by atoms with Crippen molar-refractivity contribution in [3.63, 3.8) is 0 Å². The number of hydrogen-bond donors (Lipinski definition) is 1. The molecule has 72 valence electrons. The van der Waals surface area contributed by atoms with Gasteiger partial charge < -0.3 is 14.6 Å². The third kappa shape index (κ3) is 3.06. The van der Waals surface area contributed by atoms with E-state index in [1.807, 2.05) is 11.8 Å². The molecule has 0 aromatic rings. The summed E-state index contributed by atoms with van der Waals surface area (Å²) in [6.45, 7) is 6.12. The SMILES string of the molecule is CCOCCN1CCOCC1O. The van der Waals surface area contributed by atoms with Crippen molar-refractivity contribution in [1.82, 2.24) is 4.90 Å². The van der Waals surface area contributed by atoms with E-state index in [1.165, 1.54) is 0 Å². The van der Waals surface area contributed by atoms with E-state index in [0.717, 1.165) is 19.7 Å². The zero-order chi connectivity index (χ0) is 8.81. The molecule has 1 unspecified atom stereocenters. The van der Waals surface area contributed by atoms with Gasteiger partial charge in [-0.2, -0.15) is 0 Å². The fraction of sp³-hybridized carbons (Fsp3) is 1.00. The highest BCUT2D eigenvalue weighted by Crippen LogP contribution is 2.02. The van der Waals surface area contributed by atoms with Crippen molar-refractivity contribution in [3.8, 4) is 0 Å². The molecule has 4 nitrogen and oxygen atoms in total. The van der Waals surface area contributed by atoms with Gasteiger partial charge in [-0.1, -0.05) is 0 Å². The van der Waals surface area contributed by atoms with E-state index in [0.29, 0.717) is 19.8 Å². The van der Waals surface area contributed by atoms with Crippen molar-refractivity contribution in [3.05, 3.63) is 0 Å². The second-order valence-electron chi connectivity index (χ2n) is 2.79. The Bertz CT molecular complexity index is 121. The van der Waals surface area contributed by atoms with E-state index in [-0.39, 0.29) is 0 Å². The molecule has 0 aromatic carbocycles. The predicted molar refractivity (Wildman–Crippen MR) is 44.9 cm³/mol. The molecule has 4 heteroatoms. The van der Waals surface area contributed by atoms with Crippen LogP contribution in [0.1, 0.15) is 6.92 Å². The van der Waals surface area contributed by atoms with Crippen LogP contribution in [0.5, 0.6) is 0 Å². The summed E-state index contributed by atoms with van der Waals surface area (Å²) in [5.74, 6) is 0. The van der Waals surface area contributed by atoms with Gasteiger partial charge in [0.25, 0.3) is 0 Å². The molecule has 1 aliphatic rings. The molecule has 1 aliphatic heterocycles. The Balaban J connectivity index is 2.11. The van der Waals surface area contributed by atoms with Gasteiger partial charge in [0, 0.05) is 19.7 Å². The van der Waals surface area contributed by atoms with Crippen LogP contribution in [0.2, 0.25) is 0 Å². The van der Waals surface area contributed by atoms with Gasteiger partial charge in [0.05, 0.1) is 19.8 Å². The van der Waals surface area contributed by atoms with Gasteiger partial charge in [-0.3, -0.25) is 4.90 Å². The molecule has 0 bridgehead atoms. The van der Waals surface area contributed by atoms with E-state index in [4.69, 9.17) is 9.47 Å². The van der Waals surface area contributed by atoms with Gasteiger partial charge in [0.15, 0.2) is 0 Å². The highest BCUT2D eigenvalue weighted by atomic mass is 16.5. The number of ether oxygens (including phenoxy) is 2. The van der Waals surface area contributed by atoms with Gasteiger partial charge in [-0.05, 0) is 6.92 Å². The monoisotopic (exact) mass is 175 g/mol. The second-order valence-corrected chi connectivity index (χ2v) is 2.79. The van der Waals surface area contributed by atoms with Gasteiger partial charge in [-0.25, -0.2) is 0 Å². The summed E-state index contributed by atoms with van der Waals surface area (Å²) in [5, 5.41) is 9.41. The molecule has 1 fully saturated rings. The van der Waals surface area contributed by atoms with Crippen molar-refractivity contribution in [2.45, 2.75) is 13.2 Å². The maximum atomic E-state index is 9.41. The van der Waals surface area contributed by atoms with Crippen molar-refractivity contribution in [2.24, 2.45) is 0 Å². The van der Waals surface area contributed by atoms with Crippen molar-refractivity contribution >= 4 is 0 Å². The molecule has 1 heterocycles. The first-order valence-corrected chi connectivity index (χ1v) is 4.42. The van der Waals surface area contributed by atoms with Crippen molar-refractivity contribution in [1.29, 1.82) is 0 Å². The maximum Gasteiger partial charge on any atom is 0.131 e. The summed E-state index contributed by atoms with van der Waals surface area (Å²) in [7, 11) is 0. The number of rotatable bonds is 4. The normalized spacial score (nSPS) is 26.0. The topological polar surface area (TPSA) is 41.9 Å². The van der Waals surface area contributed by atoms with E-state index in [2.05, 4.69) is 0 Å². The molecule has 1 saturated heterocycles. The largest absolute Gasteiger partial charge is 0.380 e. The van der Waals surface area contributed by atoms with Crippen LogP contribution < -0.4 is 0 Å². The van der Waals surface area contributed by atoms with Crippen LogP contribution in [0.25, 0.3) is 0 Å². The van der Waals surface area contributed by atoms with Crippen LogP contribution in [0.3, 0.4) is 0 Å². The summed E-state index contributed by atoms with van der Waals surface area (Å²) in [4.78, 5) is 1.97. The van der Waals surface area contributed by atoms with Crippen LogP contribution in [-0.2, 0) is 9.47 Å². The molecular formula is C8H17NO3. The molecule has 1 N–H and O–H groups in total. The first-order valence-electron chi connectivity index (χ1n) is 4.42. The van der Waals surface area contributed by atoms with Crippen LogP contribution in [0.4, 0.5) is 0 Å². The molecule has 1 rings (SSSR count). The number of morpholine rings is 1. The molecule has 1 atom stereocenters. The molecule has 0 saturated carbocycles. The van der Waals surface area contributed by atoms with E-state index in [9.17, 15) is 5.11 Å². The Morgan fingerprint density at radius 2 is 2.50 bits per heavy atom. The zero-order valence-corrected chi connectivity index (χ0v) is 7.53. The quantitative estimate of drug-likeness (QED) is 0.594. The van der Waals surface area contributed by atoms with E-state index < -0.39 is 6.23 Å². The standard InChI is InChI=1S/C8H17NO3/c1-2-11-5-3-9-4-6-12-7-8(9)10/h8,10H,2-7H2,1H3. The fourth-order valence-electron chi connectivity index (χ4n) is 1.21. The molecular weight excluding hydrogens is 158 g/mol. The van der Waals surface area contributed by atoms with Gasteiger partial charge in [0.1, 0.15) is 6.23 Å². The first-order chi connectivity index (χ1) is 5.84. The first kappa shape index (κ1) is 9.92. The van der Waals surface area contributed by atoms with E-state index in [1.54, 1.807) is 0 Å². The van der Waals surface area contributed by atoms with Crippen molar-refractivity contribution in [2.75, 3.05) is 39.5 Å². The summed E-state index contributed by atoms with van der Waals surface area (Å²) in [6.07, 6.45) is -0.445. The van der Waals surface area contributed by atoms with E-state index >= 15 is 0 Å². The molecule has 12 heavy (non-hydrogen) atoms. The summed E-state index contributed by atoms with van der Waals surface area (Å²) < 4.78 is 10.3. The minimum absolute atomic E-state index is 0.423. The third-order valence-corrected chi connectivity index (χ3v) is 1.94. The average molecular weight is 175 g/mol. The smallest absolute Gasteiger partial charge is 0.131 e. The number of nitrogens with zero attached hydrogens (tertiary/aromatic N) is 1. The lowest BCUT2D eigenvalue weighted by Gasteiger charge is -2.31. The molecule has 0 radical (unpaired) electrons. The van der Waals surface area contributed by atoms with Crippen LogP contribution in [0, 0.1) is 0 Å². The fourth-order valence-corrected chi connectivity index (χ4v) is 1.21. The lowest BCUT2D eigenvalue weighted by molar-refractivity contribution is -0.111. The number of aliphatic hydroxyl groups is 1. The molecule has 0 aromatic heterocycles. The third-order valence-electron chi connectivity index (χ3n) is 1.94. The lowest BCUT2D eigenvalue weighted by atomic mass is 10.4. The molecule has 0 amide bonds. The Hall–Kier alpha value is -0.160. The molecule has 0 aliphatic carbocycles. The second kappa shape index (κ2) is 5.48. The van der Waals surface area contributed by atoms with Gasteiger partial charge >= 0.3 is 0 Å². The maximum absolute atomic E-state index is 9.41. The summed E-state index contributed by atoms with van der Waals surface area (Å²) >= 11 is 0. The minimum atomic E-state index is -0.445. The van der Waals surface area contributed by atoms with Crippen LogP contribution in [-0.4, -0.2) is 55.8 Å². The Morgan fingerprint density at radius 1 is 1.67 bits per heavy atom. The summed E-state index contributed by atoms with van der Waals surface area (Å²) in [5.41, 5.74) is 0.